The fourth-order valence-corrected chi connectivity index (χ4v) is 3.40. The molecule has 2 aromatic rings. The Morgan fingerprint density at radius 1 is 1.48 bits per heavy atom. The summed E-state index contributed by atoms with van der Waals surface area (Å²) in [6, 6.07) is 5.75. The Labute approximate surface area is 150 Å². The number of pyridine rings is 1. The van der Waals surface area contributed by atoms with Crippen molar-refractivity contribution in [1.29, 1.82) is 5.26 Å². The molecule has 0 spiro atoms. The summed E-state index contributed by atoms with van der Waals surface area (Å²) in [6.07, 6.45) is -5.03. The van der Waals surface area contributed by atoms with Gasteiger partial charge >= 0.3 is 12.1 Å². The molecule has 25 heavy (non-hydrogen) atoms. The van der Waals surface area contributed by atoms with Gasteiger partial charge in [0.15, 0.2) is 0 Å². The minimum atomic E-state index is -4.70. The van der Waals surface area contributed by atoms with E-state index in [1.807, 2.05) is 0 Å². The molecular formula is C16H13F3N2O2S2. The first-order chi connectivity index (χ1) is 11.7. The molecule has 0 aliphatic heterocycles. The van der Waals surface area contributed by atoms with Gasteiger partial charge < -0.3 is 4.74 Å². The number of esters is 1. The number of hydrogen-bond donors (Lipinski definition) is 0. The molecule has 0 aliphatic carbocycles. The summed E-state index contributed by atoms with van der Waals surface area (Å²) in [6.45, 7) is 3.33. The molecule has 2 heterocycles. The predicted molar refractivity (Wildman–Crippen MR) is 89.2 cm³/mol. The second-order valence-electron chi connectivity index (χ2n) is 5.15. The maximum absolute atomic E-state index is 13.3. The van der Waals surface area contributed by atoms with E-state index in [2.05, 4.69) is 4.98 Å². The normalized spacial score (nSPS) is 11.4. The van der Waals surface area contributed by atoms with E-state index in [1.54, 1.807) is 37.4 Å². The number of rotatable bonds is 5. The van der Waals surface area contributed by atoms with Crippen LogP contribution in [0.15, 0.2) is 28.6 Å². The number of halogens is 3. The van der Waals surface area contributed by atoms with Gasteiger partial charge in [-0.15, -0.1) is 11.3 Å². The highest BCUT2D eigenvalue weighted by molar-refractivity contribution is 7.99. The molecule has 0 amide bonds. The smallest absolute Gasteiger partial charge is 0.417 e. The number of ether oxygens (including phenoxy) is 1. The highest BCUT2D eigenvalue weighted by atomic mass is 32.2. The number of nitrogens with zero attached hydrogens (tertiary/aromatic N) is 2. The average molecular weight is 386 g/mol. The van der Waals surface area contributed by atoms with E-state index in [0.29, 0.717) is 4.88 Å². The van der Waals surface area contributed by atoms with Crippen molar-refractivity contribution in [3.63, 3.8) is 0 Å². The number of carbonyl (C=O) groups is 1. The van der Waals surface area contributed by atoms with E-state index >= 15 is 0 Å². The van der Waals surface area contributed by atoms with Crippen LogP contribution in [0, 0.1) is 11.3 Å². The van der Waals surface area contributed by atoms with Gasteiger partial charge in [0.2, 0.25) is 0 Å². The summed E-state index contributed by atoms with van der Waals surface area (Å²) < 4.78 is 44.9. The molecule has 0 N–H and O–H groups in total. The lowest BCUT2D eigenvalue weighted by Gasteiger charge is -2.14. The summed E-state index contributed by atoms with van der Waals surface area (Å²) in [5.41, 5.74) is -1.54. The van der Waals surface area contributed by atoms with Crippen molar-refractivity contribution in [3.05, 3.63) is 34.7 Å². The SMILES string of the molecule is CC(C)OC(=O)CSc1nc(-c2cccs2)cc(C(F)(F)F)c1C#N. The molecule has 0 aliphatic rings. The van der Waals surface area contributed by atoms with E-state index in [9.17, 15) is 23.2 Å². The molecule has 2 rings (SSSR count). The fourth-order valence-electron chi connectivity index (χ4n) is 1.93. The lowest BCUT2D eigenvalue weighted by Crippen LogP contribution is -2.14. The van der Waals surface area contributed by atoms with Crippen molar-refractivity contribution in [2.24, 2.45) is 0 Å². The van der Waals surface area contributed by atoms with Crippen LogP contribution in [0.1, 0.15) is 25.0 Å². The minimum Gasteiger partial charge on any atom is -0.462 e. The van der Waals surface area contributed by atoms with Crippen molar-refractivity contribution >= 4 is 29.1 Å². The van der Waals surface area contributed by atoms with Crippen molar-refractivity contribution in [2.45, 2.75) is 31.2 Å². The van der Waals surface area contributed by atoms with Crippen molar-refractivity contribution in [3.8, 4) is 16.6 Å². The van der Waals surface area contributed by atoms with Crippen LogP contribution in [-0.2, 0) is 15.7 Å². The zero-order valence-electron chi connectivity index (χ0n) is 13.3. The standard InChI is InChI=1S/C16H13F3N2O2S2/c1-9(2)23-14(22)8-25-15-10(7-20)11(16(17,18)19)6-12(21-15)13-4-3-5-24-13/h3-6,9H,8H2,1-2H3. The third-order valence-electron chi connectivity index (χ3n) is 2.87. The first-order valence-corrected chi connectivity index (χ1v) is 8.97. The third kappa shape index (κ3) is 4.96. The van der Waals surface area contributed by atoms with Gasteiger partial charge in [-0.1, -0.05) is 17.8 Å². The van der Waals surface area contributed by atoms with Gasteiger partial charge in [0.25, 0.3) is 0 Å². The molecule has 0 fully saturated rings. The average Bonchev–Trinajstić information content (AvgIpc) is 3.04. The molecule has 4 nitrogen and oxygen atoms in total. The fraction of sp³-hybridized carbons (Fsp3) is 0.312. The van der Waals surface area contributed by atoms with E-state index in [-0.39, 0.29) is 22.6 Å². The van der Waals surface area contributed by atoms with Crippen LogP contribution in [0.5, 0.6) is 0 Å². The van der Waals surface area contributed by atoms with Crippen LogP contribution in [0.2, 0.25) is 0 Å². The zero-order chi connectivity index (χ0) is 18.6. The molecule has 132 valence electrons. The number of nitriles is 1. The van der Waals surface area contributed by atoms with Crippen LogP contribution in [0.25, 0.3) is 10.6 Å². The molecule has 0 saturated carbocycles. The Morgan fingerprint density at radius 2 is 2.20 bits per heavy atom. The van der Waals surface area contributed by atoms with Gasteiger partial charge in [0, 0.05) is 0 Å². The van der Waals surface area contributed by atoms with E-state index in [4.69, 9.17) is 4.74 Å². The van der Waals surface area contributed by atoms with Crippen LogP contribution in [0.4, 0.5) is 13.2 Å². The van der Waals surface area contributed by atoms with Crippen LogP contribution in [0.3, 0.4) is 0 Å². The van der Waals surface area contributed by atoms with Crippen LogP contribution >= 0.6 is 23.1 Å². The Hall–Kier alpha value is -2.05. The maximum atomic E-state index is 13.3. The summed E-state index contributed by atoms with van der Waals surface area (Å²) in [5.74, 6) is -0.814. The predicted octanol–water partition coefficient (Wildman–Crippen LogP) is 4.74. The highest BCUT2D eigenvalue weighted by Crippen LogP contribution is 2.38. The summed E-state index contributed by atoms with van der Waals surface area (Å²) in [7, 11) is 0. The third-order valence-corrected chi connectivity index (χ3v) is 4.71. The van der Waals surface area contributed by atoms with Gasteiger partial charge in [-0.05, 0) is 31.4 Å². The molecule has 0 atom stereocenters. The minimum absolute atomic E-state index is 0.112. The number of alkyl halides is 3. The van der Waals surface area contributed by atoms with Gasteiger partial charge in [0.1, 0.15) is 11.1 Å². The topological polar surface area (TPSA) is 63.0 Å². The van der Waals surface area contributed by atoms with Gasteiger partial charge in [-0.2, -0.15) is 18.4 Å². The molecule has 9 heteroatoms. The number of thiophene rings is 1. The van der Waals surface area contributed by atoms with Crippen molar-refractivity contribution in [1.82, 2.24) is 4.98 Å². The first-order valence-electron chi connectivity index (χ1n) is 7.11. The molecule has 0 unspecified atom stereocenters. The zero-order valence-corrected chi connectivity index (χ0v) is 14.9. The highest BCUT2D eigenvalue weighted by Gasteiger charge is 2.36. The Morgan fingerprint density at radius 3 is 2.72 bits per heavy atom. The monoisotopic (exact) mass is 386 g/mol. The van der Waals surface area contributed by atoms with E-state index in [0.717, 1.165) is 17.8 Å². The molecular weight excluding hydrogens is 373 g/mol. The summed E-state index contributed by atoms with van der Waals surface area (Å²) >= 11 is 2.00. The van der Waals surface area contributed by atoms with E-state index in [1.165, 1.54) is 11.3 Å². The lowest BCUT2D eigenvalue weighted by molar-refractivity contribution is -0.144. The summed E-state index contributed by atoms with van der Waals surface area (Å²) in [4.78, 5) is 16.3. The maximum Gasteiger partial charge on any atom is 0.417 e. The quantitative estimate of drug-likeness (QED) is 0.548. The van der Waals surface area contributed by atoms with Crippen molar-refractivity contribution < 1.29 is 22.7 Å². The number of hydrogen-bond acceptors (Lipinski definition) is 6. The Balaban J connectivity index is 2.44. The van der Waals surface area contributed by atoms with Crippen molar-refractivity contribution in [2.75, 3.05) is 5.75 Å². The molecule has 0 saturated heterocycles. The number of carbonyl (C=O) groups excluding carboxylic acids is 1. The van der Waals surface area contributed by atoms with Crippen LogP contribution in [-0.4, -0.2) is 22.8 Å². The lowest BCUT2D eigenvalue weighted by atomic mass is 10.1. The molecule has 0 aromatic carbocycles. The van der Waals surface area contributed by atoms with Crippen LogP contribution < -0.4 is 0 Å². The number of thioether (sulfide) groups is 1. The second kappa shape index (κ2) is 7.89. The largest absolute Gasteiger partial charge is 0.462 e. The van der Waals surface area contributed by atoms with Gasteiger partial charge in [0.05, 0.1) is 33.6 Å². The first kappa shape index (κ1) is 19.3. The summed E-state index contributed by atoms with van der Waals surface area (Å²) in [5, 5.41) is 10.8. The number of aromatic nitrogens is 1. The molecule has 0 radical (unpaired) electrons. The molecule has 2 aromatic heterocycles. The Kier molecular flexibility index (Phi) is 6.08. The van der Waals surface area contributed by atoms with E-state index < -0.39 is 23.3 Å². The second-order valence-corrected chi connectivity index (χ2v) is 7.06. The van der Waals surface area contributed by atoms with Gasteiger partial charge in [-0.3, -0.25) is 4.79 Å². The molecule has 0 bridgehead atoms. The Bertz CT molecular complexity index is 797. The van der Waals surface area contributed by atoms with Gasteiger partial charge in [-0.25, -0.2) is 4.98 Å².